The molecule has 0 aliphatic carbocycles. The first-order chi connectivity index (χ1) is 12.6. The maximum atomic E-state index is 10.8. The minimum absolute atomic E-state index is 0.397. The molecule has 7 heteroatoms. The topological polar surface area (TPSA) is 76.3 Å². The maximum absolute atomic E-state index is 10.8. The van der Waals surface area contributed by atoms with E-state index in [2.05, 4.69) is 19.9 Å². The quantitative estimate of drug-likeness (QED) is 0.896. The Kier molecular flexibility index (Phi) is 5.02. The lowest BCUT2D eigenvalue weighted by Crippen LogP contribution is -2.48. The van der Waals surface area contributed by atoms with Crippen LogP contribution in [0.25, 0.3) is 11.4 Å². The van der Waals surface area contributed by atoms with Crippen molar-refractivity contribution in [2.24, 2.45) is 7.05 Å². The third kappa shape index (κ3) is 3.65. The molecule has 4 heterocycles. The van der Waals surface area contributed by atoms with Crippen LogP contribution in [0.3, 0.4) is 0 Å². The predicted molar refractivity (Wildman–Crippen MR) is 97.7 cm³/mol. The normalized spacial score (nSPS) is 21.8. The third-order valence-corrected chi connectivity index (χ3v) is 5.70. The molecular weight excluding hydrogens is 330 g/mol. The molecule has 4 rings (SSSR count). The first kappa shape index (κ1) is 17.6. The van der Waals surface area contributed by atoms with Crippen LogP contribution in [0.5, 0.6) is 0 Å². The van der Waals surface area contributed by atoms with E-state index in [1.165, 1.54) is 0 Å². The molecule has 2 aliphatic rings. The molecule has 140 valence electrons. The van der Waals surface area contributed by atoms with Crippen molar-refractivity contribution in [3.05, 3.63) is 30.6 Å². The number of aliphatic hydroxyl groups is 1. The number of aromatic nitrogens is 4. The number of hydrogen-bond acceptors (Lipinski definition) is 6. The highest BCUT2D eigenvalue weighted by atomic mass is 16.5. The number of hydrogen-bond donors (Lipinski definition) is 1. The third-order valence-electron chi connectivity index (χ3n) is 5.70. The van der Waals surface area contributed by atoms with Crippen LogP contribution < -0.4 is 0 Å². The molecule has 26 heavy (non-hydrogen) atoms. The number of piperidine rings is 1. The van der Waals surface area contributed by atoms with Gasteiger partial charge in [-0.3, -0.25) is 9.97 Å². The van der Waals surface area contributed by atoms with Gasteiger partial charge in [-0.05, 0) is 25.9 Å². The Labute approximate surface area is 154 Å². The second-order valence-electron chi connectivity index (χ2n) is 7.57. The molecule has 7 nitrogen and oxygen atoms in total. The molecule has 2 aromatic rings. The number of aryl methyl sites for hydroxylation is 1. The van der Waals surface area contributed by atoms with Gasteiger partial charge in [-0.1, -0.05) is 0 Å². The van der Waals surface area contributed by atoms with E-state index in [0.717, 1.165) is 62.4 Å². The van der Waals surface area contributed by atoms with Crippen molar-refractivity contribution >= 4 is 0 Å². The van der Waals surface area contributed by atoms with Crippen molar-refractivity contribution < 1.29 is 9.84 Å². The van der Waals surface area contributed by atoms with E-state index in [0.29, 0.717) is 19.1 Å². The zero-order chi connectivity index (χ0) is 18.0. The molecule has 0 saturated carbocycles. The number of nitrogens with zero attached hydrogens (tertiary/aromatic N) is 5. The molecule has 2 saturated heterocycles. The van der Waals surface area contributed by atoms with Crippen molar-refractivity contribution in [2.45, 2.75) is 37.2 Å². The monoisotopic (exact) mass is 357 g/mol. The van der Waals surface area contributed by atoms with Crippen molar-refractivity contribution in [3.8, 4) is 11.4 Å². The smallest absolute Gasteiger partial charge is 0.110 e. The average molecular weight is 357 g/mol. The SMILES string of the molecule is Cn1cncc1-c1nccnc1C1CCN(CC2(O)CCOCC2)CC1. The van der Waals surface area contributed by atoms with Crippen LogP contribution in [0, 0.1) is 0 Å². The molecule has 0 radical (unpaired) electrons. The van der Waals surface area contributed by atoms with E-state index in [1.807, 2.05) is 17.8 Å². The van der Waals surface area contributed by atoms with Crippen LogP contribution in [0.2, 0.25) is 0 Å². The van der Waals surface area contributed by atoms with Gasteiger partial charge in [0.15, 0.2) is 0 Å². The lowest BCUT2D eigenvalue weighted by Gasteiger charge is -2.39. The largest absolute Gasteiger partial charge is 0.388 e. The van der Waals surface area contributed by atoms with E-state index in [1.54, 1.807) is 18.7 Å². The molecule has 0 spiro atoms. The van der Waals surface area contributed by atoms with E-state index in [9.17, 15) is 5.11 Å². The Morgan fingerprint density at radius 3 is 2.62 bits per heavy atom. The van der Waals surface area contributed by atoms with Crippen LogP contribution in [0.1, 0.15) is 37.3 Å². The number of β-amino-alcohol motifs (C(OH)–C–C–N with tert-alkyl or cyclic N) is 1. The highest BCUT2D eigenvalue weighted by Crippen LogP contribution is 2.33. The van der Waals surface area contributed by atoms with Crippen molar-refractivity contribution in [1.29, 1.82) is 0 Å². The van der Waals surface area contributed by atoms with Gasteiger partial charge in [0.2, 0.25) is 0 Å². The summed E-state index contributed by atoms with van der Waals surface area (Å²) >= 11 is 0. The van der Waals surface area contributed by atoms with Crippen LogP contribution in [-0.2, 0) is 11.8 Å². The number of imidazole rings is 1. The van der Waals surface area contributed by atoms with E-state index in [-0.39, 0.29) is 0 Å². The Balaban J connectivity index is 1.43. The fourth-order valence-electron chi connectivity index (χ4n) is 4.12. The summed E-state index contributed by atoms with van der Waals surface area (Å²) in [6.07, 6.45) is 10.7. The Morgan fingerprint density at radius 2 is 1.92 bits per heavy atom. The van der Waals surface area contributed by atoms with E-state index < -0.39 is 5.60 Å². The van der Waals surface area contributed by atoms with Gasteiger partial charge in [0.25, 0.3) is 0 Å². The highest BCUT2D eigenvalue weighted by Gasteiger charge is 2.34. The van der Waals surface area contributed by atoms with Crippen molar-refractivity contribution in [2.75, 3.05) is 32.8 Å². The Hall–Kier alpha value is -1.83. The Morgan fingerprint density at radius 1 is 1.19 bits per heavy atom. The first-order valence-electron chi connectivity index (χ1n) is 9.45. The fourth-order valence-corrected chi connectivity index (χ4v) is 4.12. The van der Waals surface area contributed by atoms with Gasteiger partial charge >= 0.3 is 0 Å². The zero-order valence-electron chi connectivity index (χ0n) is 15.3. The van der Waals surface area contributed by atoms with Gasteiger partial charge in [0, 0.05) is 58.0 Å². The van der Waals surface area contributed by atoms with Crippen LogP contribution in [0.15, 0.2) is 24.9 Å². The minimum atomic E-state index is -0.586. The molecule has 0 amide bonds. The van der Waals surface area contributed by atoms with Crippen molar-refractivity contribution in [1.82, 2.24) is 24.4 Å². The highest BCUT2D eigenvalue weighted by molar-refractivity contribution is 5.57. The van der Waals surface area contributed by atoms with E-state index in [4.69, 9.17) is 4.74 Å². The predicted octanol–water partition coefficient (Wildman–Crippen LogP) is 1.60. The molecule has 2 aromatic heterocycles. The van der Waals surface area contributed by atoms with E-state index >= 15 is 0 Å². The van der Waals surface area contributed by atoms with Gasteiger partial charge in [0.05, 0.1) is 29.5 Å². The lowest BCUT2D eigenvalue weighted by atomic mass is 9.89. The lowest BCUT2D eigenvalue weighted by molar-refractivity contribution is -0.0821. The number of ether oxygens (including phenoxy) is 1. The fraction of sp³-hybridized carbons (Fsp3) is 0.632. The molecule has 0 atom stereocenters. The molecule has 0 bridgehead atoms. The van der Waals surface area contributed by atoms with Gasteiger partial charge in [-0.25, -0.2) is 4.98 Å². The number of likely N-dealkylation sites (tertiary alicyclic amines) is 1. The average Bonchev–Trinajstić information content (AvgIpc) is 3.08. The number of rotatable bonds is 4. The first-order valence-corrected chi connectivity index (χ1v) is 9.45. The summed E-state index contributed by atoms with van der Waals surface area (Å²) in [7, 11) is 1.98. The second kappa shape index (κ2) is 7.42. The van der Waals surface area contributed by atoms with Gasteiger partial charge in [-0.15, -0.1) is 0 Å². The summed E-state index contributed by atoms with van der Waals surface area (Å²) in [5.74, 6) is 0.397. The molecule has 0 aromatic carbocycles. The molecule has 2 fully saturated rings. The van der Waals surface area contributed by atoms with Gasteiger partial charge < -0.3 is 19.3 Å². The Bertz CT molecular complexity index is 733. The van der Waals surface area contributed by atoms with Crippen LogP contribution in [0.4, 0.5) is 0 Å². The molecule has 1 N–H and O–H groups in total. The van der Waals surface area contributed by atoms with Crippen molar-refractivity contribution in [3.63, 3.8) is 0 Å². The minimum Gasteiger partial charge on any atom is -0.388 e. The summed E-state index contributed by atoms with van der Waals surface area (Å²) < 4.78 is 7.38. The maximum Gasteiger partial charge on any atom is 0.110 e. The van der Waals surface area contributed by atoms with Gasteiger partial charge in [-0.2, -0.15) is 0 Å². The van der Waals surface area contributed by atoms with Crippen LogP contribution in [-0.4, -0.2) is 68.0 Å². The second-order valence-corrected chi connectivity index (χ2v) is 7.57. The molecule has 0 unspecified atom stereocenters. The molecule has 2 aliphatic heterocycles. The summed E-state index contributed by atoms with van der Waals surface area (Å²) in [6.45, 7) is 4.05. The van der Waals surface area contributed by atoms with Gasteiger partial charge in [0.1, 0.15) is 5.69 Å². The molecular formula is C19H27N5O2. The summed E-state index contributed by atoms with van der Waals surface area (Å²) in [5.41, 5.74) is 2.43. The summed E-state index contributed by atoms with van der Waals surface area (Å²) in [6, 6.07) is 0. The standard InChI is InChI=1S/C19H27N5O2/c1-23-14-20-12-16(23)18-17(21-6-7-22-18)15-2-8-24(9-3-15)13-19(25)4-10-26-11-5-19/h6-7,12,14-15,25H,2-5,8-11,13H2,1H3. The zero-order valence-corrected chi connectivity index (χ0v) is 15.3. The summed E-state index contributed by atoms with van der Waals surface area (Å²) in [5, 5.41) is 10.8. The van der Waals surface area contributed by atoms with Crippen LogP contribution >= 0.6 is 0 Å². The summed E-state index contributed by atoms with van der Waals surface area (Å²) in [4.78, 5) is 15.9.